The van der Waals surface area contributed by atoms with Gasteiger partial charge in [0.25, 0.3) is 20.2 Å². The first-order valence-electron chi connectivity index (χ1n) is 35.3. The molecule has 33 heterocycles. The summed E-state index contributed by atoms with van der Waals surface area (Å²) in [5.41, 5.74) is 0.875. The minimum absolute atomic E-state index is 0.331. The summed E-state index contributed by atoms with van der Waals surface area (Å²) >= 11 is 0. The predicted molar refractivity (Wildman–Crippen MR) is 359 cm³/mol. The fourth-order valence-electron chi connectivity index (χ4n) is 15.8. The molecule has 0 spiro atoms. The third-order valence-corrected chi connectivity index (χ3v) is 23.9. The quantitative estimate of drug-likeness (QED) is 0.0862. The molecule has 0 saturated carbocycles. The Kier molecular flexibility index (Phi) is 30.9. The lowest BCUT2D eigenvalue weighted by atomic mass is 9.94. The third-order valence-electron chi connectivity index (χ3n) is 21.3. The largest absolute Gasteiger partial charge is 0.394 e. The molecule has 109 heavy (non-hydrogen) atoms. The van der Waals surface area contributed by atoms with Gasteiger partial charge in [0.1, 0.15) is 171 Å². The van der Waals surface area contributed by atoms with Crippen molar-refractivity contribution in [2.24, 2.45) is 0 Å². The summed E-state index contributed by atoms with van der Waals surface area (Å²) in [6.45, 7) is -5.65. The van der Waals surface area contributed by atoms with Crippen LogP contribution in [0.2, 0.25) is 0 Å². The molecule has 16 fully saturated rings. The van der Waals surface area contributed by atoms with Crippen molar-refractivity contribution < 1.29 is 183 Å². The Balaban J connectivity index is 1.08. The number of aliphatic hydroxyl groups excluding tert-OH is 5. The zero-order valence-electron chi connectivity index (χ0n) is 62.7. The zero-order valence-corrected chi connectivity index (χ0v) is 64.3. The van der Waals surface area contributed by atoms with Crippen LogP contribution in [-0.2, 0) is 161 Å². The van der Waals surface area contributed by atoms with Gasteiger partial charge in [-0.1, -0.05) is 24.3 Å². The van der Waals surface area contributed by atoms with Crippen molar-refractivity contribution >= 4 is 20.2 Å². The minimum atomic E-state index is -4.77. The number of rotatable bonds is 19. The van der Waals surface area contributed by atoms with Crippen LogP contribution >= 0.6 is 0 Å². The van der Waals surface area contributed by atoms with Crippen molar-refractivity contribution in [1.29, 1.82) is 0 Å². The van der Waals surface area contributed by atoms with E-state index in [-0.39, 0.29) is 9.79 Å². The first-order valence-corrected chi connectivity index (χ1v) is 38.1. The van der Waals surface area contributed by atoms with E-state index in [4.69, 9.17) is 141 Å². The normalized spacial score (nSPS) is 44.3. The Morgan fingerprint density at radius 2 is 0.431 bits per heavy atom. The molecule has 35 rings (SSSR count). The topological polar surface area (TPSA) is 446 Å². The van der Waals surface area contributed by atoms with Crippen LogP contribution in [0.25, 0.3) is 11.1 Å². The molecule has 0 aliphatic carbocycles. The number of ether oxygens (including phenoxy) is 28. The third kappa shape index (κ3) is 17.7. The maximum atomic E-state index is 14.6. The van der Waals surface area contributed by atoms with Gasteiger partial charge in [0.05, 0.1) is 56.0 Å². The van der Waals surface area contributed by atoms with Crippen molar-refractivity contribution in [1.82, 2.24) is 0 Å². The highest BCUT2D eigenvalue weighted by Crippen LogP contribution is 2.44. The monoisotopic (exact) mass is 1610 g/mol. The number of hydrogen-bond acceptors (Lipinski definition) is 39. The van der Waals surface area contributed by atoms with Crippen LogP contribution < -0.4 is 0 Å². The maximum Gasteiger partial charge on any atom is 0.297 e. The lowest BCUT2D eigenvalue weighted by Crippen LogP contribution is -2.69. The highest BCUT2D eigenvalue weighted by atomic mass is 32.2. The Hall–Kier alpha value is -3.06. The van der Waals surface area contributed by atoms with E-state index in [0.29, 0.717) is 11.1 Å². The first kappa shape index (κ1) is 86.8. The van der Waals surface area contributed by atoms with Crippen molar-refractivity contribution in [3.8, 4) is 11.1 Å². The van der Waals surface area contributed by atoms with Crippen molar-refractivity contribution in [3.05, 3.63) is 48.5 Å². The molecular formula is C68H104O39S2. The van der Waals surface area contributed by atoms with Gasteiger partial charge in [-0.25, -0.2) is 0 Å². The van der Waals surface area contributed by atoms with E-state index >= 15 is 0 Å². The molecule has 20 bridgehead atoms. The van der Waals surface area contributed by atoms with E-state index in [9.17, 15) is 42.4 Å². The lowest BCUT2D eigenvalue weighted by molar-refractivity contribution is -0.402. The van der Waals surface area contributed by atoms with Gasteiger partial charge >= 0.3 is 0 Å². The van der Waals surface area contributed by atoms with Gasteiger partial charge in [0, 0.05) is 99.5 Å². The van der Waals surface area contributed by atoms with Crippen molar-refractivity contribution in [3.63, 3.8) is 0 Å². The Morgan fingerprint density at radius 1 is 0.257 bits per heavy atom. The summed E-state index contributed by atoms with van der Waals surface area (Å²) in [4.78, 5) is -0.665. The maximum absolute atomic E-state index is 14.6. The lowest BCUT2D eigenvalue weighted by Gasteiger charge is -2.52. The molecule has 2 aromatic rings. The average Bonchev–Trinajstić information content (AvgIpc) is 0.783. The summed E-state index contributed by atoms with van der Waals surface area (Å²) in [6, 6.07) is 11.0. The van der Waals surface area contributed by atoms with E-state index in [2.05, 4.69) is 0 Å². The van der Waals surface area contributed by atoms with Gasteiger partial charge in [0.2, 0.25) is 0 Å². The second-order valence-electron chi connectivity index (χ2n) is 26.7. The molecule has 2 aromatic carbocycles. The van der Waals surface area contributed by atoms with E-state index in [1.807, 2.05) is 0 Å². The Labute approximate surface area is 631 Å². The standard InChI is InChI=1S/C68H104O39S2/c1-78-48-41-34(23-69)94-62(55(48)85-8)102-42-35(24-70)97-65(58(88-11)49(42)79-2)106-46-39-28-92-108(74,75)32-19-15-30(16-20-32)31-17-21-33(22-18-31)109(76,77)93-29-40-47(54(84-7)60(90-13)67(99-40)104-44-37(26-72)95-63(101-41)56(86-9)51(44)81-4)107-66-59(89-12)50(80-3)43(36(25-71)98-66)103-64-57(87-10)52(82-5)45(38(27-73)96-64)105-68(100-39)61(91-14)53(46)83-6/h15-22,34-73H,23-29H2,1-14H3/t34-,35+,36+,37-,38-,39+,40+,41-,42-,43+,44+,45+,46+,47-,48+,49+,50+,51-,52+,53-,54-,55+,56+,57+,58+,59+,60+,61+,62+,63+,64+,65+,66+,67+,68+/m1/s1. The van der Waals surface area contributed by atoms with Gasteiger partial charge in [0.15, 0.2) is 44.0 Å². The molecule has 5 N–H and O–H groups in total. The molecule has 41 heteroatoms. The van der Waals surface area contributed by atoms with Gasteiger partial charge < -0.3 is 158 Å². The smallest absolute Gasteiger partial charge is 0.297 e. The molecule has 0 amide bonds. The highest BCUT2D eigenvalue weighted by Gasteiger charge is 2.62. The predicted octanol–water partition coefficient (Wildman–Crippen LogP) is -3.27. The fraction of sp³-hybridized carbons (Fsp3) is 0.824. The number of aliphatic hydroxyl groups is 5. The Bertz CT molecular complexity index is 3330. The van der Waals surface area contributed by atoms with Crippen LogP contribution in [0.3, 0.4) is 0 Å². The fourth-order valence-corrected chi connectivity index (χ4v) is 17.7. The first-order chi connectivity index (χ1) is 52.7. The summed E-state index contributed by atoms with van der Waals surface area (Å²) in [6.07, 6.45) is -49.3. The molecule has 33 aliphatic rings. The van der Waals surface area contributed by atoms with Gasteiger partial charge in [-0.05, 0) is 35.4 Å². The van der Waals surface area contributed by atoms with Crippen LogP contribution in [0.5, 0.6) is 0 Å². The molecule has 39 nitrogen and oxygen atoms in total. The van der Waals surface area contributed by atoms with Crippen LogP contribution in [0, 0.1) is 0 Å². The molecular weight excluding hydrogens is 1500 g/mol. The van der Waals surface area contributed by atoms with E-state index in [1.54, 1.807) is 0 Å². The van der Waals surface area contributed by atoms with Crippen LogP contribution in [-0.4, -0.2) is 403 Å². The van der Waals surface area contributed by atoms with Gasteiger partial charge in [-0.2, -0.15) is 16.8 Å². The summed E-state index contributed by atoms with van der Waals surface area (Å²) in [7, 11) is 8.99. The highest BCUT2D eigenvalue weighted by molar-refractivity contribution is 7.87. The van der Waals surface area contributed by atoms with Crippen molar-refractivity contribution in [2.45, 2.75) is 225 Å². The van der Waals surface area contributed by atoms with Crippen LogP contribution in [0.15, 0.2) is 58.3 Å². The van der Waals surface area contributed by atoms with E-state index < -0.39 is 281 Å². The Morgan fingerprint density at radius 3 is 0.615 bits per heavy atom. The minimum Gasteiger partial charge on any atom is -0.394 e. The molecule has 16 saturated heterocycles. The molecule has 33 aliphatic heterocycles. The van der Waals surface area contributed by atoms with Gasteiger partial charge in [-0.3, -0.25) is 8.37 Å². The number of benzene rings is 2. The molecule has 0 unspecified atom stereocenters. The molecule has 622 valence electrons. The summed E-state index contributed by atoms with van der Waals surface area (Å²) < 4.78 is 251. The van der Waals surface area contributed by atoms with Crippen LogP contribution in [0.1, 0.15) is 0 Å². The molecule has 0 radical (unpaired) electrons. The average molecular weight is 1610 g/mol. The van der Waals surface area contributed by atoms with E-state index in [1.165, 1.54) is 148 Å². The zero-order chi connectivity index (χ0) is 78.3. The summed E-state index contributed by atoms with van der Waals surface area (Å²) in [5, 5.41) is 56.8. The van der Waals surface area contributed by atoms with E-state index in [0.717, 1.165) is 0 Å². The van der Waals surface area contributed by atoms with Crippen molar-refractivity contribution in [2.75, 3.05) is 146 Å². The number of methoxy groups -OCH3 is 14. The van der Waals surface area contributed by atoms with Gasteiger partial charge in [-0.15, -0.1) is 0 Å². The SMILES string of the molecule is CO[C@@H]1[C@H](OC)[C@@H]2O[C@H]3[C@@H](OC)[C@H](OC)[C@@H]4O[C@@H]5[C@@H](OC)[C@H](OC)[C@H](O[C@H]6[C@H](OC)[C@H](OC)[C@H](O[C@H]7[C@H](OC)[C@H](OC)[C@H](O[C@@H]8[C@@H](OC)[C@H](OC)[C@H](O[C@@H]9[C@H](OC)[C@H](OC)[C@H](O[C@H]1[C@H](CO)O2)O[C@@H]9CO)O[C@H]8COS(=O)(=O)c1ccc(cc1)-c1ccc(cc1)S(=O)(=O)OC[C@@H]3O4)O[C@H]7CO)O[C@@H]6CO)O[C@@H]5CO. The molecule has 35 atom stereocenters. The number of hydrogen-bond donors (Lipinski definition) is 5. The van der Waals surface area contributed by atoms with Crippen LogP contribution in [0.4, 0.5) is 0 Å². The second-order valence-corrected chi connectivity index (χ2v) is 30.0. The second kappa shape index (κ2) is 38.8. The molecule has 0 aromatic heterocycles. The summed E-state index contributed by atoms with van der Waals surface area (Å²) in [5.74, 6) is 0.